The van der Waals surface area contributed by atoms with Crippen LogP contribution in [-0.4, -0.2) is 8.07 Å². The molecular weight excluding hydrogens is 436 g/mol. The first-order chi connectivity index (χ1) is 16.3. The van der Waals surface area contributed by atoms with Gasteiger partial charge >= 0.3 is 0 Å². The highest BCUT2D eigenvalue weighted by atomic mass is 28.3. The normalized spacial score (nSPS) is 53.0. The van der Waals surface area contributed by atoms with Crippen molar-refractivity contribution in [1.82, 2.24) is 0 Å². The molecule has 5 saturated carbocycles. The Morgan fingerprint density at radius 1 is 0.571 bits per heavy atom. The van der Waals surface area contributed by atoms with Crippen LogP contribution in [0.1, 0.15) is 113 Å². The van der Waals surface area contributed by atoms with Gasteiger partial charge in [0.25, 0.3) is 0 Å². The molecule has 0 aliphatic heterocycles. The van der Waals surface area contributed by atoms with Gasteiger partial charge in [-0.05, 0) is 132 Å². The van der Waals surface area contributed by atoms with E-state index in [4.69, 9.17) is 0 Å². The highest BCUT2D eigenvalue weighted by Crippen LogP contribution is 2.68. The molecule has 11 unspecified atom stereocenters. The van der Waals surface area contributed by atoms with E-state index in [0.29, 0.717) is 5.41 Å². The molecule has 0 heterocycles. The van der Waals surface area contributed by atoms with E-state index in [1.54, 1.807) is 44.9 Å². The second kappa shape index (κ2) is 9.45. The molecule has 1 heteroatoms. The molecular formula is C34H62Si. The summed E-state index contributed by atoms with van der Waals surface area (Å²) in [6.07, 6.45) is 14.1. The van der Waals surface area contributed by atoms with E-state index in [1.807, 2.05) is 0 Å². The van der Waals surface area contributed by atoms with Crippen molar-refractivity contribution in [1.29, 1.82) is 0 Å². The minimum atomic E-state index is -1.38. The summed E-state index contributed by atoms with van der Waals surface area (Å²) in [6, 6.07) is 0. The van der Waals surface area contributed by atoms with Crippen LogP contribution in [0.25, 0.3) is 0 Å². The molecule has 202 valence electrons. The van der Waals surface area contributed by atoms with Crippen molar-refractivity contribution in [2.24, 2.45) is 76.4 Å². The molecule has 0 spiro atoms. The van der Waals surface area contributed by atoms with Gasteiger partial charge in [0.05, 0.1) is 8.07 Å². The second-order valence-corrected chi connectivity index (χ2v) is 22.0. The summed E-state index contributed by atoms with van der Waals surface area (Å²) in [6.45, 7) is 26.5. The number of fused-ring (bicyclic) bond motifs is 2. The minimum absolute atomic E-state index is 0.515. The minimum Gasteiger partial charge on any atom is -0.0689 e. The topological polar surface area (TPSA) is 0 Å². The van der Waals surface area contributed by atoms with Gasteiger partial charge in [0.2, 0.25) is 0 Å². The van der Waals surface area contributed by atoms with E-state index >= 15 is 0 Å². The first kappa shape index (κ1) is 26.8. The zero-order valence-corrected chi connectivity index (χ0v) is 26.4. The van der Waals surface area contributed by atoms with E-state index in [1.165, 1.54) is 12.8 Å². The SMILES string of the molecule is CC1CC2C(CC3CCCC3C2C2CCC(C(C)(C)C)CC2)C1[Si](C)(C)C1C(C)C(C)C(C)C1C. The van der Waals surface area contributed by atoms with Gasteiger partial charge in [-0.15, -0.1) is 0 Å². The number of hydrogen-bond acceptors (Lipinski definition) is 0. The predicted octanol–water partition coefficient (Wildman–Crippen LogP) is 10.6. The van der Waals surface area contributed by atoms with E-state index < -0.39 is 8.07 Å². The predicted molar refractivity (Wildman–Crippen MR) is 156 cm³/mol. The third-order valence-electron chi connectivity index (χ3n) is 14.4. The van der Waals surface area contributed by atoms with Crippen LogP contribution < -0.4 is 0 Å². The third-order valence-corrected chi connectivity index (χ3v) is 19.9. The van der Waals surface area contributed by atoms with Crippen molar-refractivity contribution in [3.05, 3.63) is 0 Å². The lowest BCUT2D eigenvalue weighted by molar-refractivity contribution is 0.00164. The highest BCUT2D eigenvalue weighted by Gasteiger charge is 2.61. The van der Waals surface area contributed by atoms with Crippen molar-refractivity contribution in [3.8, 4) is 0 Å². The number of rotatable bonds is 3. The fraction of sp³-hybridized carbons (Fsp3) is 1.00. The summed E-state index contributed by atoms with van der Waals surface area (Å²) in [5.74, 6) is 12.2. The zero-order valence-electron chi connectivity index (χ0n) is 25.4. The first-order valence-electron chi connectivity index (χ1n) is 16.3. The van der Waals surface area contributed by atoms with Gasteiger partial charge in [0.1, 0.15) is 0 Å². The standard InChI is InChI=1S/C34H62Si/c1-20-18-29-30(32(20)35(9,10)33-23(4)21(2)22(3)24(33)5)19-26-12-11-13-28(26)31(29)25-14-16-27(17-15-25)34(6,7)8/h20-33H,11-19H2,1-10H3. The smallest absolute Gasteiger partial charge is 0.0546 e. The van der Waals surface area contributed by atoms with Crippen LogP contribution in [0.3, 0.4) is 0 Å². The summed E-state index contributed by atoms with van der Waals surface area (Å²) in [5, 5.41) is 0. The molecule has 5 fully saturated rings. The quantitative estimate of drug-likeness (QED) is 0.339. The molecule has 11 atom stereocenters. The lowest BCUT2D eigenvalue weighted by Gasteiger charge is -2.52. The maximum Gasteiger partial charge on any atom is 0.0546 e. The van der Waals surface area contributed by atoms with Crippen molar-refractivity contribution in [2.45, 2.75) is 137 Å². The van der Waals surface area contributed by atoms with Gasteiger partial charge in [-0.25, -0.2) is 0 Å². The molecule has 0 aromatic rings. The van der Waals surface area contributed by atoms with Gasteiger partial charge in [-0.1, -0.05) is 81.3 Å². The van der Waals surface area contributed by atoms with Crippen LogP contribution in [0.4, 0.5) is 0 Å². The molecule has 0 aromatic heterocycles. The molecule has 5 aliphatic rings. The largest absolute Gasteiger partial charge is 0.0689 e. The van der Waals surface area contributed by atoms with E-state index in [9.17, 15) is 0 Å². The maximum absolute atomic E-state index is 2.89. The molecule has 0 N–H and O–H groups in total. The van der Waals surface area contributed by atoms with Crippen LogP contribution >= 0.6 is 0 Å². The van der Waals surface area contributed by atoms with E-state index in [-0.39, 0.29) is 0 Å². The van der Waals surface area contributed by atoms with E-state index in [2.05, 4.69) is 68.5 Å². The summed E-state index contributed by atoms with van der Waals surface area (Å²) in [5.41, 5.74) is 2.65. The Balaban J connectivity index is 1.41. The van der Waals surface area contributed by atoms with Crippen molar-refractivity contribution in [2.75, 3.05) is 0 Å². The molecule has 5 rings (SSSR count). The Bertz CT molecular complexity index is 724. The fourth-order valence-corrected chi connectivity index (χ4v) is 19.6. The molecule has 0 saturated heterocycles. The summed E-state index contributed by atoms with van der Waals surface area (Å²) in [4.78, 5) is 0. The van der Waals surface area contributed by atoms with Gasteiger partial charge < -0.3 is 0 Å². The Morgan fingerprint density at radius 2 is 1.17 bits per heavy atom. The van der Waals surface area contributed by atoms with Gasteiger partial charge in [0, 0.05) is 0 Å². The molecule has 35 heavy (non-hydrogen) atoms. The molecule has 0 nitrogen and oxygen atoms in total. The highest BCUT2D eigenvalue weighted by molar-refractivity contribution is 6.80. The van der Waals surface area contributed by atoms with Crippen molar-refractivity contribution < 1.29 is 0 Å². The maximum atomic E-state index is 2.89. The molecule has 0 aromatic carbocycles. The Hall–Kier alpha value is 0.217. The Labute approximate surface area is 221 Å². The molecule has 0 radical (unpaired) electrons. The fourth-order valence-electron chi connectivity index (χ4n) is 12.8. The lowest BCUT2D eigenvalue weighted by atomic mass is 9.56. The molecule has 0 bridgehead atoms. The van der Waals surface area contributed by atoms with Crippen molar-refractivity contribution >= 4 is 8.07 Å². The Kier molecular flexibility index (Phi) is 7.24. The summed E-state index contributed by atoms with van der Waals surface area (Å²) >= 11 is 0. The average molecular weight is 499 g/mol. The first-order valence-corrected chi connectivity index (χ1v) is 19.5. The van der Waals surface area contributed by atoms with Crippen LogP contribution in [0.2, 0.25) is 24.2 Å². The summed E-state index contributed by atoms with van der Waals surface area (Å²) in [7, 11) is -1.38. The summed E-state index contributed by atoms with van der Waals surface area (Å²) < 4.78 is 0. The molecule has 5 aliphatic carbocycles. The monoisotopic (exact) mass is 498 g/mol. The second-order valence-electron chi connectivity index (χ2n) is 17.0. The number of hydrogen-bond donors (Lipinski definition) is 0. The van der Waals surface area contributed by atoms with Crippen LogP contribution in [0.15, 0.2) is 0 Å². The van der Waals surface area contributed by atoms with Gasteiger partial charge in [0.15, 0.2) is 0 Å². The van der Waals surface area contributed by atoms with E-state index in [0.717, 1.165) is 82.1 Å². The van der Waals surface area contributed by atoms with Crippen LogP contribution in [-0.2, 0) is 0 Å². The lowest BCUT2D eigenvalue weighted by Crippen LogP contribution is -2.48. The van der Waals surface area contributed by atoms with Gasteiger partial charge in [-0.3, -0.25) is 0 Å². The average Bonchev–Trinajstić information content (AvgIpc) is 3.43. The van der Waals surface area contributed by atoms with Crippen LogP contribution in [0.5, 0.6) is 0 Å². The van der Waals surface area contributed by atoms with Crippen molar-refractivity contribution in [3.63, 3.8) is 0 Å². The van der Waals surface area contributed by atoms with Gasteiger partial charge in [-0.2, -0.15) is 0 Å². The zero-order chi connectivity index (χ0) is 25.4. The Morgan fingerprint density at radius 3 is 1.74 bits per heavy atom. The van der Waals surface area contributed by atoms with Crippen LogP contribution in [0, 0.1) is 76.4 Å². The molecule has 0 amide bonds. The third kappa shape index (κ3) is 4.36.